The van der Waals surface area contributed by atoms with Crippen molar-refractivity contribution in [2.45, 2.75) is 20.8 Å². The van der Waals surface area contributed by atoms with Gasteiger partial charge in [0.2, 0.25) is 5.88 Å². The van der Waals surface area contributed by atoms with Crippen molar-refractivity contribution < 1.29 is 23.7 Å². The lowest BCUT2D eigenvalue weighted by Crippen LogP contribution is -2.15. The van der Waals surface area contributed by atoms with E-state index in [1.807, 2.05) is 20.8 Å². The molecule has 1 N–H and O–H groups in total. The van der Waals surface area contributed by atoms with E-state index in [1.165, 1.54) is 13.3 Å². The summed E-state index contributed by atoms with van der Waals surface area (Å²) in [5, 5.41) is 10.1. The largest absolute Gasteiger partial charge is 0.465 e. The fourth-order valence-electron chi connectivity index (χ4n) is 1.91. The Labute approximate surface area is 165 Å². The molecule has 1 heterocycles. The number of amides is 1. The molecule has 1 aromatic carbocycles. The SMILES string of the molecule is COC(=O)c1c(-c2c(Cl)cccc2Cl)noc1NC(=O)O/N=C/C(C)(C)C. The van der Waals surface area contributed by atoms with Crippen LogP contribution in [-0.4, -0.2) is 30.5 Å². The number of nitrogens with one attached hydrogen (secondary N) is 1. The maximum atomic E-state index is 12.2. The molecular weight excluding hydrogens is 397 g/mol. The minimum absolute atomic E-state index is 0.0194. The summed E-state index contributed by atoms with van der Waals surface area (Å²) in [7, 11) is 1.17. The zero-order chi connectivity index (χ0) is 20.2. The summed E-state index contributed by atoms with van der Waals surface area (Å²) in [4.78, 5) is 28.8. The van der Waals surface area contributed by atoms with Crippen molar-refractivity contribution in [3.8, 4) is 11.3 Å². The van der Waals surface area contributed by atoms with Crippen LogP contribution in [0, 0.1) is 5.41 Å². The molecule has 144 valence electrons. The third-order valence-corrected chi connectivity index (χ3v) is 3.70. The van der Waals surface area contributed by atoms with Crippen LogP contribution < -0.4 is 5.32 Å². The van der Waals surface area contributed by atoms with E-state index in [4.69, 9.17) is 32.5 Å². The number of halogens is 2. The van der Waals surface area contributed by atoms with E-state index in [-0.39, 0.29) is 38.2 Å². The summed E-state index contributed by atoms with van der Waals surface area (Å²) < 4.78 is 9.81. The van der Waals surface area contributed by atoms with Gasteiger partial charge < -0.3 is 9.26 Å². The van der Waals surface area contributed by atoms with Crippen molar-refractivity contribution in [1.29, 1.82) is 0 Å². The van der Waals surface area contributed by atoms with Crippen molar-refractivity contribution in [3.05, 3.63) is 33.8 Å². The first-order valence-corrected chi connectivity index (χ1v) is 8.44. The number of carbonyl (C=O) groups excluding carboxylic acids is 2. The Bertz CT molecular complexity index is 867. The highest BCUT2D eigenvalue weighted by Crippen LogP contribution is 2.38. The van der Waals surface area contributed by atoms with Gasteiger partial charge in [-0.05, 0) is 12.1 Å². The number of carbonyl (C=O) groups is 2. The van der Waals surface area contributed by atoms with Crippen molar-refractivity contribution in [3.63, 3.8) is 0 Å². The van der Waals surface area contributed by atoms with Crippen LogP contribution >= 0.6 is 23.2 Å². The van der Waals surface area contributed by atoms with E-state index in [0.717, 1.165) is 0 Å². The summed E-state index contributed by atoms with van der Waals surface area (Å²) in [6.45, 7) is 5.63. The molecule has 0 radical (unpaired) electrons. The van der Waals surface area contributed by atoms with Crippen molar-refractivity contribution in [1.82, 2.24) is 5.16 Å². The van der Waals surface area contributed by atoms with Gasteiger partial charge in [0.05, 0.1) is 17.2 Å². The fraction of sp³-hybridized carbons (Fsp3) is 0.294. The molecule has 27 heavy (non-hydrogen) atoms. The van der Waals surface area contributed by atoms with E-state index >= 15 is 0 Å². The Kier molecular flexibility index (Phi) is 6.45. The van der Waals surface area contributed by atoms with Gasteiger partial charge >= 0.3 is 12.1 Å². The molecule has 0 spiro atoms. The third-order valence-electron chi connectivity index (χ3n) is 3.07. The third kappa shape index (κ3) is 5.21. The molecule has 8 nitrogen and oxygen atoms in total. The molecule has 0 saturated heterocycles. The van der Waals surface area contributed by atoms with Crippen LogP contribution in [0.1, 0.15) is 31.1 Å². The van der Waals surface area contributed by atoms with E-state index in [2.05, 4.69) is 20.5 Å². The molecule has 0 fully saturated rings. The number of oxime groups is 1. The Morgan fingerprint density at radius 2 is 1.89 bits per heavy atom. The standard InChI is InChI=1S/C17H17Cl2N3O5/c1-17(2,3)8-20-27-16(24)21-14-12(15(23)25-4)13(22-26-14)11-9(18)6-5-7-10(11)19/h5-8H,1-4H3,(H,21,24)/b20-8+. The molecule has 1 amide bonds. The normalized spacial score (nSPS) is 11.5. The maximum absolute atomic E-state index is 12.2. The number of benzene rings is 1. The maximum Gasteiger partial charge on any atom is 0.440 e. The number of hydrogen-bond donors (Lipinski definition) is 1. The second-order valence-electron chi connectivity index (χ2n) is 6.43. The first kappa shape index (κ1) is 20.7. The van der Waals surface area contributed by atoms with Crippen molar-refractivity contribution >= 4 is 47.4 Å². The average molecular weight is 414 g/mol. The number of anilines is 1. The van der Waals surface area contributed by atoms with Crippen LogP contribution in [0.4, 0.5) is 10.7 Å². The molecule has 10 heteroatoms. The molecule has 2 aromatic rings. The molecule has 0 bridgehead atoms. The predicted octanol–water partition coefficient (Wildman–Crippen LogP) is 5.02. The Morgan fingerprint density at radius 3 is 2.44 bits per heavy atom. The van der Waals surface area contributed by atoms with Crippen LogP contribution in [-0.2, 0) is 9.57 Å². The summed E-state index contributed by atoms with van der Waals surface area (Å²) in [5.74, 6) is -1.10. The lowest BCUT2D eigenvalue weighted by molar-refractivity contribution is 0.0602. The van der Waals surface area contributed by atoms with Crippen LogP contribution in [0.25, 0.3) is 11.3 Å². The second kappa shape index (κ2) is 8.41. The molecule has 0 aliphatic carbocycles. The Morgan fingerprint density at radius 1 is 1.26 bits per heavy atom. The highest BCUT2D eigenvalue weighted by Gasteiger charge is 2.29. The minimum atomic E-state index is -0.978. The monoisotopic (exact) mass is 413 g/mol. The van der Waals surface area contributed by atoms with Crippen LogP contribution in [0.2, 0.25) is 10.0 Å². The zero-order valence-electron chi connectivity index (χ0n) is 15.0. The number of aromatic nitrogens is 1. The summed E-state index contributed by atoms with van der Waals surface area (Å²) in [6.07, 6.45) is 0.469. The van der Waals surface area contributed by atoms with E-state index in [0.29, 0.717) is 0 Å². The number of rotatable bonds is 4. The molecule has 0 aliphatic heterocycles. The number of hydrogen-bond acceptors (Lipinski definition) is 7. The predicted molar refractivity (Wildman–Crippen MR) is 101 cm³/mol. The van der Waals surface area contributed by atoms with Gasteiger partial charge in [0, 0.05) is 17.2 Å². The zero-order valence-corrected chi connectivity index (χ0v) is 16.5. The average Bonchev–Trinajstić information content (AvgIpc) is 2.96. The van der Waals surface area contributed by atoms with Gasteiger partial charge in [-0.25, -0.2) is 9.59 Å². The number of nitrogens with zero attached hydrogens (tertiary/aromatic N) is 2. The molecule has 1 aromatic heterocycles. The van der Waals surface area contributed by atoms with Gasteiger partial charge in [0.15, 0.2) is 5.56 Å². The number of ether oxygens (including phenoxy) is 1. The molecular formula is C17H17Cl2N3O5. The second-order valence-corrected chi connectivity index (χ2v) is 7.24. The molecule has 0 atom stereocenters. The summed E-state index contributed by atoms with van der Waals surface area (Å²) in [5.41, 5.74) is -0.162. The van der Waals surface area contributed by atoms with Gasteiger partial charge in [-0.15, -0.1) is 0 Å². The molecule has 0 unspecified atom stereocenters. The molecule has 0 saturated carbocycles. The minimum Gasteiger partial charge on any atom is -0.465 e. The van der Waals surface area contributed by atoms with Gasteiger partial charge in [0.1, 0.15) is 5.69 Å². The van der Waals surface area contributed by atoms with E-state index in [9.17, 15) is 9.59 Å². The quantitative estimate of drug-likeness (QED) is 0.326. The summed E-state index contributed by atoms with van der Waals surface area (Å²) in [6, 6.07) is 4.78. The lowest BCUT2D eigenvalue weighted by atomic mass is 10.00. The molecule has 0 aliphatic rings. The van der Waals surface area contributed by atoms with Gasteiger partial charge in [-0.1, -0.05) is 60.4 Å². The number of esters is 1. The van der Waals surface area contributed by atoms with Crippen molar-refractivity contribution in [2.75, 3.05) is 12.4 Å². The Hall–Kier alpha value is -2.58. The van der Waals surface area contributed by atoms with Gasteiger partial charge in [-0.3, -0.25) is 10.2 Å². The lowest BCUT2D eigenvalue weighted by Gasteiger charge is -2.09. The smallest absolute Gasteiger partial charge is 0.440 e. The van der Waals surface area contributed by atoms with Gasteiger partial charge in [-0.2, -0.15) is 0 Å². The van der Waals surface area contributed by atoms with Crippen LogP contribution in [0.3, 0.4) is 0 Å². The highest BCUT2D eigenvalue weighted by atomic mass is 35.5. The fourth-order valence-corrected chi connectivity index (χ4v) is 2.49. The van der Waals surface area contributed by atoms with Crippen molar-refractivity contribution in [2.24, 2.45) is 10.6 Å². The highest BCUT2D eigenvalue weighted by molar-refractivity contribution is 6.39. The topological polar surface area (TPSA) is 103 Å². The van der Waals surface area contributed by atoms with E-state index in [1.54, 1.807) is 18.2 Å². The van der Waals surface area contributed by atoms with Gasteiger partial charge in [0.25, 0.3) is 0 Å². The first-order chi connectivity index (χ1) is 12.6. The number of methoxy groups -OCH3 is 1. The summed E-state index contributed by atoms with van der Waals surface area (Å²) >= 11 is 12.3. The van der Waals surface area contributed by atoms with Crippen LogP contribution in [0.15, 0.2) is 27.9 Å². The first-order valence-electron chi connectivity index (χ1n) is 7.69. The van der Waals surface area contributed by atoms with Crippen LogP contribution in [0.5, 0.6) is 0 Å². The molecule has 2 rings (SSSR count). The Balaban J connectivity index is 2.36. The van der Waals surface area contributed by atoms with E-state index < -0.39 is 12.1 Å².